The van der Waals surface area contributed by atoms with Crippen LogP contribution in [0, 0.1) is 6.92 Å². The van der Waals surface area contributed by atoms with Crippen LogP contribution < -0.4 is 15.5 Å². The molecule has 0 unspecified atom stereocenters. The number of ether oxygens (including phenoxy) is 1. The molecule has 0 spiro atoms. The summed E-state index contributed by atoms with van der Waals surface area (Å²) in [6, 6.07) is 13.8. The maximum Gasteiger partial charge on any atom is 0.324 e. The summed E-state index contributed by atoms with van der Waals surface area (Å²) < 4.78 is 5.43. The van der Waals surface area contributed by atoms with Crippen LogP contribution in [0.2, 0.25) is 0 Å². The molecule has 1 aliphatic rings. The van der Waals surface area contributed by atoms with E-state index in [1.54, 1.807) is 11.3 Å². The molecule has 32 heavy (non-hydrogen) atoms. The lowest BCUT2D eigenvalue weighted by Crippen LogP contribution is -2.36. The van der Waals surface area contributed by atoms with Crippen LogP contribution in [0.15, 0.2) is 48.7 Å². The standard InChI is InChI=1S/C25H30N4O2S/c1-17-5-6-18(27-24(30)28-23-10-9-22(32-23)25(2,3)4)15-20(17)21-8-7-19(16-26-21)29-11-13-31-14-12-29/h5-10,15-16H,11-14H2,1-4H3,(H2,27,28,30). The summed E-state index contributed by atoms with van der Waals surface area (Å²) in [5.41, 5.74) is 4.90. The molecule has 2 amide bonds. The van der Waals surface area contributed by atoms with Gasteiger partial charge in [-0.2, -0.15) is 0 Å². The van der Waals surface area contributed by atoms with Gasteiger partial charge in [0.05, 0.1) is 35.8 Å². The van der Waals surface area contributed by atoms with Gasteiger partial charge in [0, 0.05) is 29.2 Å². The van der Waals surface area contributed by atoms with Crippen molar-refractivity contribution in [1.82, 2.24) is 4.98 Å². The molecular formula is C25H30N4O2S. The number of carbonyl (C=O) groups is 1. The van der Waals surface area contributed by atoms with E-state index in [9.17, 15) is 4.79 Å². The van der Waals surface area contributed by atoms with Crippen molar-refractivity contribution in [2.24, 2.45) is 0 Å². The molecule has 168 valence electrons. The van der Waals surface area contributed by atoms with Crippen LogP contribution in [0.1, 0.15) is 31.2 Å². The summed E-state index contributed by atoms with van der Waals surface area (Å²) in [6.45, 7) is 11.8. The number of amides is 2. The molecule has 3 heterocycles. The summed E-state index contributed by atoms with van der Waals surface area (Å²) in [6.07, 6.45) is 1.91. The van der Waals surface area contributed by atoms with Crippen molar-refractivity contribution in [1.29, 1.82) is 0 Å². The smallest absolute Gasteiger partial charge is 0.324 e. The Morgan fingerprint density at radius 1 is 1.06 bits per heavy atom. The molecule has 2 aromatic heterocycles. The zero-order valence-electron chi connectivity index (χ0n) is 19.1. The predicted octanol–water partition coefficient (Wildman–Crippen LogP) is 5.90. The van der Waals surface area contributed by atoms with E-state index in [-0.39, 0.29) is 11.4 Å². The second kappa shape index (κ2) is 9.30. The molecule has 3 aromatic rings. The normalized spacial score (nSPS) is 14.3. The second-order valence-corrected chi connectivity index (χ2v) is 10.1. The number of benzene rings is 1. The van der Waals surface area contributed by atoms with Gasteiger partial charge in [-0.25, -0.2) is 4.79 Å². The number of hydrogen-bond acceptors (Lipinski definition) is 5. The average Bonchev–Trinajstić information content (AvgIpc) is 3.25. The van der Waals surface area contributed by atoms with Gasteiger partial charge in [0.25, 0.3) is 0 Å². The number of pyridine rings is 1. The van der Waals surface area contributed by atoms with Gasteiger partial charge < -0.3 is 15.0 Å². The molecule has 6 nitrogen and oxygen atoms in total. The van der Waals surface area contributed by atoms with E-state index in [1.807, 2.05) is 36.5 Å². The number of morpholine rings is 1. The fourth-order valence-electron chi connectivity index (χ4n) is 3.61. The summed E-state index contributed by atoms with van der Waals surface area (Å²) in [5, 5.41) is 6.72. The minimum atomic E-state index is -0.252. The van der Waals surface area contributed by atoms with E-state index < -0.39 is 0 Å². The van der Waals surface area contributed by atoms with Crippen LogP contribution in [0.3, 0.4) is 0 Å². The number of hydrogen-bond donors (Lipinski definition) is 2. The quantitative estimate of drug-likeness (QED) is 0.520. The maximum atomic E-state index is 12.5. The van der Waals surface area contributed by atoms with E-state index in [4.69, 9.17) is 4.74 Å². The first-order valence-corrected chi connectivity index (χ1v) is 11.7. The minimum absolute atomic E-state index is 0.0667. The molecule has 1 aromatic carbocycles. The highest BCUT2D eigenvalue weighted by Crippen LogP contribution is 2.32. The molecule has 4 rings (SSSR count). The lowest BCUT2D eigenvalue weighted by atomic mass is 9.95. The van der Waals surface area contributed by atoms with Crippen LogP contribution in [-0.4, -0.2) is 37.3 Å². The van der Waals surface area contributed by atoms with E-state index in [1.165, 1.54) is 4.88 Å². The van der Waals surface area contributed by atoms with Crippen molar-refractivity contribution in [3.05, 3.63) is 59.1 Å². The predicted molar refractivity (Wildman–Crippen MR) is 133 cm³/mol. The lowest BCUT2D eigenvalue weighted by molar-refractivity contribution is 0.122. The zero-order valence-corrected chi connectivity index (χ0v) is 19.9. The topological polar surface area (TPSA) is 66.5 Å². The van der Waals surface area contributed by atoms with E-state index in [2.05, 4.69) is 60.3 Å². The molecule has 2 N–H and O–H groups in total. The second-order valence-electron chi connectivity index (χ2n) is 9.02. The molecular weight excluding hydrogens is 420 g/mol. The highest BCUT2D eigenvalue weighted by Gasteiger charge is 2.17. The van der Waals surface area contributed by atoms with Crippen LogP contribution in [-0.2, 0) is 10.2 Å². The van der Waals surface area contributed by atoms with Gasteiger partial charge in [0.2, 0.25) is 0 Å². The molecule has 0 bridgehead atoms. The van der Waals surface area contributed by atoms with Gasteiger partial charge in [-0.05, 0) is 54.3 Å². The molecule has 7 heteroatoms. The third kappa shape index (κ3) is 5.29. The molecule has 0 saturated carbocycles. The monoisotopic (exact) mass is 450 g/mol. The van der Waals surface area contributed by atoms with Crippen LogP contribution >= 0.6 is 11.3 Å². The first-order chi connectivity index (χ1) is 15.3. The van der Waals surface area contributed by atoms with Gasteiger partial charge in [0.1, 0.15) is 0 Å². The van der Waals surface area contributed by atoms with Crippen molar-refractivity contribution in [3.8, 4) is 11.3 Å². The number of nitrogens with zero attached hydrogens (tertiary/aromatic N) is 2. The fourth-order valence-corrected chi connectivity index (χ4v) is 4.57. The highest BCUT2D eigenvalue weighted by atomic mass is 32.1. The van der Waals surface area contributed by atoms with Gasteiger partial charge in [-0.3, -0.25) is 10.3 Å². The molecule has 1 saturated heterocycles. The largest absolute Gasteiger partial charge is 0.378 e. The lowest BCUT2D eigenvalue weighted by Gasteiger charge is -2.28. The molecule has 0 aliphatic carbocycles. The van der Waals surface area contributed by atoms with Crippen LogP contribution in [0.5, 0.6) is 0 Å². The third-order valence-electron chi connectivity index (χ3n) is 5.48. The van der Waals surface area contributed by atoms with Crippen molar-refractivity contribution in [2.45, 2.75) is 33.1 Å². The number of aryl methyl sites for hydroxylation is 1. The van der Waals surface area contributed by atoms with Gasteiger partial charge >= 0.3 is 6.03 Å². The Balaban J connectivity index is 1.45. The molecule has 0 radical (unpaired) electrons. The Morgan fingerprint density at radius 3 is 2.50 bits per heavy atom. The minimum Gasteiger partial charge on any atom is -0.378 e. The Labute approximate surface area is 193 Å². The fraction of sp³-hybridized carbons (Fsp3) is 0.360. The Hall–Kier alpha value is -2.90. The summed E-state index contributed by atoms with van der Waals surface area (Å²) >= 11 is 1.60. The van der Waals surface area contributed by atoms with Crippen molar-refractivity contribution in [3.63, 3.8) is 0 Å². The Kier molecular flexibility index (Phi) is 6.48. The maximum absolute atomic E-state index is 12.5. The number of urea groups is 1. The SMILES string of the molecule is Cc1ccc(NC(=O)Nc2ccc(C(C)(C)C)s2)cc1-c1ccc(N2CCOCC2)cn1. The van der Waals surface area contributed by atoms with Gasteiger partial charge in [-0.1, -0.05) is 26.8 Å². The van der Waals surface area contributed by atoms with E-state index in [0.29, 0.717) is 0 Å². The summed E-state index contributed by atoms with van der Waals surface area (Å²) in [7, 11) is 0. The summed E-state index contributed by atoms with van der Waals surface area (Å²) in [5.74, 6) is 0. The van der Waals surface area contributed by atoms with Crippen LogP contribution in [0.25, 0.3) is 11.3 Å². The third-order valence-corrected chi connectivity index (χ3v) is 6.90. The van der Waals surface area contributed by atoms with Crippen LogP contribution in [0.4, 0.5) is 21.2 Å². The Bertz CT molecular complexity index is 1080. The van der Waals surface area contributed by atoms with E-state index in [0.717, 1.165) is 59.5 Å². The zero-order chi connectivity index (χ0) is 22.7. The average molecular weight is 451 g/mol. The number of anilines is 3. The molecule has 1 aliphatic heterocycles. The van der Waals surface area contributed by atoms with Gasteiger partial charge in [0.15, 0.2) is 0 Å². The first kappa shape index (κ1) is 22.3. The Morgan fingerprint density at radius 2 is 1.84 bits per heavy atom. The highest BCUT2D eigenvalue weighted by molar-refractivity contribution is 7.16. The molecule has 0 atom stereocenters. The summed E-state index contributed by atoms with van der Waals surface area (Å²) in [4.78, 5) is 20.8. The van der Waals surface area contributed by atoms with Gasteiger partial charge in [-0.15, -0.1) is 11.3 Å². The molecule has 1 fully saturated rings. The first-order valence-electron chi connectivity index (χ1n) is 10.9. The van der Waals surface area contributed by atoms with Crippen molar-refractivity contribution < 1.29 is 9.53 Å². The number of nitrogens with one attached hydrogen (secondary N) is 2. The van der Waals surface area contributed by atoms with Crippen molar-refractivity contribution >= 4 is 33.7 Å². The van der Waals surface area contributed by atoms with E-state index >= 15 is 0 Å². The number of thiophene rings is 1. The number of carbonyl (C=O) groups excluding carboxylic acids is 1. The van der Waals surface area contributed by atoms with Crippen molar-refractivity contribution in [2.75, 3.05) is 41.8 Å². The number of aromatic nitrogens is 1. The number of rotatable bonds is 4.